The maximum absolute atomic E-state index is 14.7. The standard InChI is InChI=1S/C36H56O12/c1-32(2)19-7-8-24-33(3)12-22-29(35(5,45)11-18(46-22)9-17(14-37)15-38)34(33,4)13-25(41)36(24,6)20(19)10-21(40)30(32)48-31-28(44)27(43)26(42)23(16-39)47-31/h7,9,18,20-24,26-31,37-40,42-45H,8,10-16H2,1-6H3/t18-,20-,21+,22-,23-,24+,26-,27+,28-,29+,30-,31+,33+,34-,35+,36+/m1/s1. The number of ether oxygens (including phenoxy) is 3. The quantitative estimate of drug-likeness (QED) is 0.179. The molecule has 2 heterocycles. The van der Waals surface area contributed by atoms with Crippen LogP contribution in [0.4, 0.5) is 0 Å². The van der Waals surface area contributed by atoms with Crippen LogP contribution in [0.25, 0.3) is 0 Å². The van der Waals surface area contributed by atoms with E-state index in [9.17, 15) is 45.6 Å². The molecule has 2 aliphatic heterocycles. The molecule has 4 aliphatic carbocycles. The number of aliphatic hydroxyl groups is 8. The summed E-state index contributed by atoms with van der Waals surface area (Å²) in [4.78, 5) is 14.7. The Morgan fingerprint density at radius 3 is 2.23 bits per heavy atom. The molecule has 3 saturated carbocycles. The van der Waals surface area contributed by atoms with Gasteiger partial charge in [-0.1, -0.05) is 52.3 Å². The normalized spacial score (nSPS) is 52.8. The molecule has 48 heavy (non-hydrogen) atoms. The first-order valence-corrected chi connectivity index (χ1v) is 17.5. The van der Waals surface area contributed by atoms with E-state index in [2.05, 4.69) is 19.9 Å². The van der Waals surface area contributed by atoms with Gasteiger partial charge >= 0.3 is 0 Å². The number of Topliss-reactive ketones (excluding diaryl/α,β-unsaturated/α-hetero) is 1. The summed E-state index contributed by atoms with van der Waals surface area (Å²) in [7, 11) is 0. The van der Waals surface area contributed by atoms with Gasteiger partial charge < -0.3 is 55.1 Å². The minimum atomic E-state index is -1.61. The van der Waals surface area contributed by atoms with Gasteiger partial charge in [0.05, 0.1) is 49.8 Å². The van der Waals surface area contributed by atoms with Crippen molar-refractivity contribution in [2.75, 3.05) is 19.8 Å². The van der Waals surface area contributed by atoms with Crippen LogP contribution in [0.3, 0.4) is 0 Å². The monoisotopic (exact) mass is 680 g/mol. The van der Waals surface area contributed by atoms with Gasteiger partial charge in [0.15, 0.2) is 6.29 Å². The highest BCUT2D eigenvalue weighted by atomic mass is 16.7. The molecule has 6 aliphatic rings. The maximum Gasteiger partial charge on any atom is 0.187 e. The molecule has 16 atom stereocenters. The molecule has 0 bridgehead atoms. The molecule has 0 aromatic rings. The van der Waals surface area contributed by atoms with E-state index in [4.69, 9.17) is 14.2 Å². The summed E-state index contributed by atoms with van der Waals surface area (Å²) in [5, 5.41) is 84.0. The SMILES string of the molecule is CC1(C)C2=CC[C@@H]3[C@@](C)(C(=O)C[C@]4(C)[C@@H]5[C@@H](C[C@@]34C)O[C@H](C=C(CO)CO)C[C@]5(C)O)[C@@H]2C[C@H](O)[C@H]1O[C@@H]1O[C@H](CO)[C@@H](O)[C@H](O)[C@H]1O. The lowest BCUT2D eigenvalue weighted by atomic mass is 9.38. The summed E-state index contributed by atoms with van der Waals surface area (Å²) in [6.07, 6.45) is -4.22. The highest BCUT2D eigenvalue weighted by Gasteiger charge is 2.75. The van der Waals surface area contributed by atoms with Crippen LogP contribution in [0.2, 0.25) is 0 Å². The molecule has 0 radical (unpaired) electrons. The first-order chi connectivity index (χ1) is 22.3. The zero-order valence-electron chi connectivity index (χ0n) is 29.0. The number of allylic oxidation sites excluding steroid dienone is 1. The first-order valence-electron chi connectivity index (χ1n) is 17.5. The molecular weight excluding hydrogens is 624 g/mol. The molecular formula is C36H56O12. The van der Waals surface area contributed by atoms with Crippen molar-refractivity contribution < 1.29 is 59.9 Å². The zero-order valence-corrected chi connectivity index (χ0v) is 29.0. The fourth-order valence-corrected chi connectivity index (χ4v) is 11.6. The Hall–Kier alpha value is -1.29. The molecule has 12 nitrogen and oxygen atoms in total. The van der Waals surface area contributed by atoms with Crippen LogP contribution in [0, 0.1) is 39.4 Å². The van der Waals surface area contributed by atoms with Gasteiger partial charge in [-0.15, -0.1) is 0 Å². The van der Waals surface area contributed by atoms with E-state index >= 15 is 0 Å². The van der Waals surface area contributed by atoms with Crippen LogP contribution in [0.1, 0.15) is 73.6 Å². The molecule has 0 aromatic heterocycles. The molecule has 8 N–H and O–H groups in total. The summed E-state index contributed by atoms with van der Waals surface area (Å²) >= 11 is 0. The second-order valence-corrected chi connectivity index (χ2v) is 17.1. The van der Waals surface area contributed by atoms with E-state index in [-0.39, 0.29) is 62.1 Å². The third kappa shape index (κ3) is 5.08. The van der Waals surface area contributed by atoms with Gasteiger partial charge in [0.25, 0.3) is 0 Å². The average Bonchev–Trinajstić information content (AvgIpc) is 3.24. The largest absolute Gasteiger partial charge is 0.394 e. The van der Waals surface area contributed by atoms with Crippen LogP contribution in [0.15, 0.2) is 23.3 Å². The Balaban J connectivity index is 1.32. The summed E-state index contributed by atoms with van der Waals surface area (Å²) in [6.45, 7) is 10.9. The molecule has 0 unspecified atom stereocenters. The van der Waals surface area contributed by atoms with Crippen molar-refractivity contribution in [3.63, 3.8) is 0 Å². The summed E-state index contributed by atoms with van der Waals surface area (Å²) < 4.78 is 18.4. The number of rotatable bonds is 6. The van der Waals surface area contributed by atoms with Gasteiger partial charge in [-0.2, -0.15) is 0 Å². The maximum atomic E-state index is 14.7. The number of hydrogen-bond acceptors (Lipinski definition) is 12. The Morgan fingerprint density at radius 2 is 1.60 bits per heavy atom. The predicted molar refractivity (Wildman–Crippen MR) is 171 cm³/mol. The fourth-order valence-electron chi connectivity index (χ4n) is 11.6. The van der Waals surface area contributed by atoms with E-state index in [1.54, 1.807) is 6.08 Å². The van der Waals surface area contributed by atoms with Crippen molar-refractivity contribution in [1.29, 1.82) is 0 Å². The van der Waals surface area contributed by atoms with Crippen molar-refractivity contribution in [1.82, 2.24) is 0 Å². The van der Waals surface area contributed by atoms with E-state index in [1.165, 1.54) is 0 Å². The van der Waals surface area contributed by atoms with Crippen molar-refractivity contribution >= 4 is 5.78 Å². The highest BCUT2D eigenvalue weighted by molar-refractivity contribution is 5.88. The molecule has 12 heteroatoms. The Labute approximate surface area is 282 Å². The Bertz CT molecular complexity index is 1320. The summed E-state index contributed by atoms with van der Waals surface area (Å²) in [5.74, 6) is -0.628. The van der Waals surface area contributed by atoms with Gasteiger partial charge in [0.2, 0.25) is 0 Å². The van der Waals surface area contributed by atoms with Gasteiger partial charge in [0.1, 0.15) is 30.2 Å². The number of aliphatic hydroxyl groups excluding tert-OH is 7. The molecule has 5 fully saturated rings. The molecule has 2 saturated heterocycles. The molecule has 6 rings (SSSR count). The number of carbonyl (C=O) groups excluding carboxylic acids is 1. The average molecular weight is 681 g/mol. The van der Waals surface area contributed by atoms with Crippen LogP contribution >= 0.6 is 0 Å². The Kier molecular flexibility index (Phi) is 9.24. The van der Waals surface area contributed by atoms with Gasteiger partial charge in [-0.05, 0) is 54.4 Å². The van der Waals surface area contributed by atoms with Gasteiger partial charge in [-0.25, -0.2) is 0 Å². The van der Waals surface area contributed by atoms with Crippen molar-refractivity contribution in [2.24, 2.45) is 39.4 Å². The Morgan fingerprint density at radius 1 is 0.938 bits per heavy atom. The lowest BCUT2D eigenvalue weighted by Gasteiger charge is -2.65. The highest BCUT2D eigenvalue weighted by Crippen LogP contribution is 2.75. The van der Waals surface area contributed by atoms with Crippen LogP contribution < -0.4 is 0 Å². The number of ketones is 1. The number of hydrogen-bond donors (Lipinski definition) is 8. The van der Waals surface area contributed by atoms with Gasteiger partial charge in [-0.3, -0.25) is 4.79 Å². The third-order valence-electron chi connectivity index (χ3n) is 14.2. The van der Waals surface area contributed by atoms with Crippen molar-refractivity contribution in [3.8, 4) is 0 Å². The number of fused-ring (bicyclic) bond motifs is 7. The molecule has 0 spiro atoms. The lowest BCUT2D eigenvalue weighted by Crippen LogP contribution is -2.66. The van der Waals surface area contributed by atoms with Crippen molar-refractivity contribution in [3.05, 3.63) is 23.3 Å². The molecule has 0 amide bonds. The minimum Gasteiger partial charge on any atom is -0.394 e. The third-order valence-corrected chi connectivity index (χ3v) is 14.2. The van der Waals surface area contributed by atoms with Crippen LogP contribution in [-0.4, -0.2) is 127 Å². The molecule has 272 valence electrons. The first kappa shape index (κ1) is 36.5. The van der Waals surface area contributed by atoms with Crippen LogP contribution in [-0.2, 0) is 19.0 Å². The summed E-state index contributed by atoms with van der Waals surface area (Å²) in [6, 6.07) is 0. The summed E-state index contributed by atoms with van der Waals surface area (Å²) in [5.41, 5.74) is -2.38. The molecule has 0 aromatic carbocycles. The van der Waals surface area contributed by atoms with Crippen LogP contribution in [0.5, 0.6) is 0 Å². The second-order valence-electron chi connectivity index (χ2n) is 17.1. The topological polar surface area (TPSA) is 207 Å². The van der Waals surface area contributed by atoms with E-state index in [0.717, 1.165) is 5.57 Å². The number of carbonyl (C=O) groups is 1. The minimum absolute atomic E-state index is 0.0979. The predicted octanol–water partition coefficient (Wildman–Crippen LogP) is 0.356. The van der Waals surface area contributed by atoms with Crippen molar-refractivity contribution in [2.45, 2.75) is 134 Å². The lowest BCUT2D eigenvalue weighted by molar-refractivity contribution is -0.327. The second kappa shape index (κ2) is 12.2. The van der Waals surface area contributed by atoms with Gasteiger partial charge in [0, 0.05) is 29.6 Å². The smallest absolute Gasteiger partial charge is 0.187 e. The fraction of sp³-hybridized carbons (Fsp3) is 0.861. The van der Waals surface area contributed by atoms with E-state index in [0.29, 0.717) is 18.4 Å². The van der Waals surface area contributed by atoms with E-state index < -0.39 is 82.9 Å². The van der Waals surface area contributed by atoms with E-state index in [1.807, 2.05) is 27.7 Å². The zero-order chi connectivity index (χ0) is 35.4.